The number of carbonyl (C=O) groups is 1. The predicted octanol–water partition coefficient (Wildman–Crippen LogP) is 2.67. The minimum Gasteiger partial charge on any atom is -0.331 e. The molecule has 0 spiro atoms. The molecule has 1 aromatic carbocycles. The fourth-order valence-electron chi connectivity index (χ4n) is 3.80. The van der Waals surface area contributed by atoms with Crippen LogP contribution < -0.4 is 0 Å². The molecule has 140 valence electrons. The molecular formula is C19H23N7O. The summed E-state index contributed by atoms with van der Waals surface area (Å²) in [7, 11) is 0. The molecule has 0 unspecified atom stereocenters. The Morgan fingerprint density at radius 2 is 2.15 bits per heavy atom. The second kappa shape index (κ2) is 7.69. The molecule has 1 aliphatic carbocycles. The number of aromatic nitrogens is 6. The number of benzene rings is 1. The average Bonchev–Trinajstić information content (AvgIpc) is 3.37. The first-order valence-electron chi connectivity index (χ1n) is 9.35. The molecule has 0 radical (unpaired) electrons. The molecule has 4 rings (SSSR count). The number of amides is 1. The molecule has 1 amide bonds. The summed E-state index contributed by atoms with van der Waals surface area (Å²) >= 11 is 0. The monoisotopic (exact) mass is 365 g/mol. The van der Waals surface area contributed by atoms with Gasteiger partial charge in [-0.2, -0.15) is 9.78 Å². The Morgan fingerprint density at radius 1 is 1.30 bits per heavy atom. The number of hydrogen-bond donors (Lipinski definition) is 1. The first kappa shape index (κ1) is 17.4. The van der Waals surface area contributed by atoms with Gasteiger partial charge in [0.05, 0.1) is 6.20 Å². The Morgan fingerprint density at radius 3 is 2.89 bits per heavy atom. The van der Waals surface area contributed by atoms with E-state index >= 15 is 0 Å². The lowest BCUT2D eigenvalue weighted by Gasteiger charge is -2.34. The maximum absolute atomic E-state index is 13.5. The molecule has 0 atom stereocenters. The highest BCUT2D eigenvalue weighted by Crippen LogP contribution is 2.26. The highest BCUT2D eigenvalue weighted by atomic mass is 16.2. The summed E-state index contributed by atoms with van der Waals surface area (Å²) in [5, 5.41) is 18.1. The van der Waals surface area contributed by atoms with Crippen LogP contribution in [0.3, 0.4) is 0 Å². The molecule has 1 aliphatic rings. The van der Waals surface area contributed by atoms with Crippen LogP contribution in [0.1, 0.15) is 53.6 Å². The van der Waals surface area contributed by atoms with E-state index in [1.54, 1.807) is 6.20 Å². The van der Waals surface area contributed by atoms with Gasteiger partial charge in [-0.3, -0.25) is 9.89 Å². The van der Waals surface area contributed by atoms with E-state index in [0.717, 1.165) is 31.2 Å². The van der Waals surface area contributed by atoms with Crippen LogP contribution in [0.15, 0.2) is 36.8 Å². The van der Waals surface area contributed by atoms with E-state index in [2.05, 4.69) is 50.8 Å². The molecule has 0 saturated heterocycles. The first-order valence-corrected chi connectivity index (χ1v) is 9.35. The van der Waals surface area contributed by atoms with E-state index in [1.807, 2.05) is 11.0 Å². The van der Waals surface area contributed by atoms with Gasteiger partial charge in [0.2, 0.25) is 0 Å². The minimum atomic E-state index is -0.0392. The largest absolute Gasteiger partial charge is 0.331 e. The van der Waals surface area contributed by atoms with Crippen LogP contribution in [0.4, 0.5) is 0 Å². The van der Waals surface area contributed by atoms with E-state index in [4.69, 9.17) is 0 Å². The molecule has 0 bridgehead atoms. The maximum atomic E-state index is 13.5. The molecule has 0 aliphatic heterocycles. The van der Waals surface area contributed by atoms with Crippen molar-refractivity contribution in [3.8, 4) is 5.82 Å². The quantitative estimate of drug-likeness (QED) is 0.750. The normalized spacial score (nSPS) is 15.0. The number of nitrogens with one attached hydrogen (secondary N) is 1. The fraction of sp³-hybridized carbons (Fsp3) is 0.421. The summed E-state index contributed by atoms with van der Waals surface area (Å²) in [6.07, 6.45) is 8.65. The summed E-state index contributed by atoms with van der Waals surface area (Å²) in [5.41, 5.74) is 2.82. The lowest BCUT2D eigenvalue weighted by Crippen LogP contribution is -2.41. The van der Waals surface area contributed by atoms with E-state index < -0.39 is 0 Å². The van der Waals surface area contributed by atoms with Gasteiger partial charge in [0, 0.05) is 12.6 Å². The summed E-state index contributed by atoms with van der Waals surface area (Å²) in [6, 6.07) is 8.57. The van der Waals surface area contributed by atoms with Gasteiger partial charge in [-0.25, -0.2) is 0 Å². The molecule has 27 heavy (non-hydrogen) atoms. The molecule has 2 heterocycles. The van der Waals surface area contributed by atoms with Crippen molar-refractivity contribution in [3.05, 3.63) is 53.5 Å². The summed E-state index contributed by atoms with van der Waals surface area (Å²) in [4.78, 5) is 15.5. The molecule has 1 fully saturated rings. The molecule has 8 nitrogen and oxygen atoms in total. The Hall–Kier alpha value is -3.03. The number of H-pyrrole nitrogens is 1. The third-order valence-corrected chi connectivity index (χ3v) is 5.14. The van der Waals surface area contributed by atoms with E-state index in [0.29, 0.717) is 17.9 Å². The topological polar surface area (TPSA) is 92.6 Å². The molecule has 2 aromatic heterocycles. The van der Waals surface area contributed by atoms with Crippen LogP contribution in [0, 0.1) is 6.92 Å². The number of tetrazole rings is 1. The van der Waals surface area contributed by atoms with Crippen molar-refractivity contribution in [2.24, 2.45) is 0 Å². The van der Waals surface area contributed by atoms with Crippen molar-refractivity contribution >= 4 is 5.91 Å². The Labute approximate surface area is 157 Å². The number of nitrogens with zero attached hydrogens (tertiary/aromatic N) is 6. The van der Waals surface area contributed by atoms with Crippen LogP contribution in [0.5, 0.6) is 0 Å². The van der Waals surface area contributed by atoms with Gasteiger partial charge < -0.3 is 4.90 Å². The van der Waals surface area contributed by atoms with Gasteiger partial charge in [-0.05, 0) is 35.8 Å². The highest BCUT2D eigenvalue weighted by Gasteiger charge is 2.29. The molecule has 1 N–H and O–H groups in total. The van der Waals surface area contributed by atoms with E-state index in [-0.39, 0.29) is 11.9 Å². The van der Waals surface area contributed by atoms with Gasteiger partial charge in [0.15, 0.2) is 5.82 Å². The molecule has 1 saturated carbocycles. The first-order chi connectivity index (χ1) is 13.2. The van der Waals surface area contributed by atoms with Gasteiger partial charge >= 0.3 is 0 Å². The zero-order valence-corrected chi connectivity index (χ0v) is 15.4. The van der Waals surface area contributed by atoms with E-state index in [1.165, 1.54) is 23.0 Å². The van der Waals surface area contributed by atoms with Crippen LogP contribution in [-0.4, -0.2) is 47.3 Å². The second-order valence-corrected chi connectivity index (χ2v) is 7.10. The number of hydrogen-bond acceptors (Lipinski definition) is 5. The average molecular weight is 365 g/mol. The zero-order valence-electron chi connectivity index (χ0n) is 15.4. The van der Waals surface area contributed by atoms with Crippen molar-refractivity contribution < 1.29 is 4.79 Å². The summed E-state index contributed by atoms with van der Waals surface area (Å²) in [6.45, 7) is 2.66. The number of aryl methyl sites for hydroxylation is 1. The lowest BCUT2D eigenvalue weighted by molar-refractivity contribution is 0.0614. The fourth-order valence-corrected chi connectivity index (χ4v) is 3.80. The minimum absolute atomic E-state index is 0.0392. The SMILES string of the molecule is Cc1cccc(CN(C(=O)c2cn[nH]c2-n2cnnn2)C2CCCCC2)c1. The highest BCUT2D eigenvalue weighted by molar-refractivity contribution is 5.97. The Bertz CT molecular complexity index is 896. The summed E-state index contributed by atoms with van der Waals surface area (Å²) < 4.78 is 1.44. The lowest BCUT2D eigenvalue weighted by atomic mass is 9.93. The van der Waals surface area contributed by atoms with Gasteiger partial charge in [0.1, 0.15) is 11.9 Å². The van der Waals surface area contributed by atoms with Crippen LogP contribution in [0.2, 0.25) is 0 Å². The van der Waals surface area contributed by atoms with Crippen molar-refractivity contribution in [2.45, 2.75) is 51.6 Å². The summed E-state index contributed by atoms with van der Waals surface area (Å²) in [5.74, 6) is 0.456. The smallest absolute Gasteiger partial charge is 0.259 e. The van der Waals surface area contributed by atoms with Crippen molar-refractivity contribution in [2.75, 3.05) is 0 Å². The van der Waals surface area contributed by atoms with Gasteiger partial charge in [0.25, 0.3) is 5.91 Å². The van der Waals surface area contributed by atoms with Gasteiger partial charge in [-0.1, -0.05) is 49.1 Å². The maximum Gasteiger partial charge on any atom is 0.259 e. The van der Waals surface area contributed by atoms with Crippen molar-refractivity contribution in [3.63, 3.8) is 0 Å². The standard InChI is InChI=1S/C19H23N7O/c1-14-6-5-7-15(10-14)12-25(16-8-3-2-4-9-16)19(27)17-11-20-22-18(17)26-13-21-23-24-26/h5-7,10-11,13,16H,2-4,8-9,12H2,1H3,(H,20,22). The van der Waals surface area contributed by atoms with Crippen molar-refractivity contribution in [1.82, 2.24) is 35.3 Å². The Kier molecular flexibility index (Phi) is 4.95. The molecular weight excluding hydrogens is 342 g/mol. The van der Waals surface area contributed by atoms with Crippen molar-refractivity contribution in [1.29, 1.82) is 0 Å². The van der Waals surface area contributed by atoms with Gasteiger partial charge in [-0.15, -0.1) is 5.10 Å². The zero-order chi connectivity index (χ0) is 18.6. The second-order valence-electron chi connectivity index (χ2n) is 7.10. The van der Waals surface area contributed by atoms with E-state index in [9.17, 15) is 4.79 Å². The molecule has 3 aromatic rings. The van der Waals surface area contributed by atoms with Crippen LogP contribution in [0.25, 0.3) is 5.82 Å². The third kappa shape index (κ3) is 3.74. The number of carbonyl (C=O) groups excluding carboxylic acids is 1. The van der Waals surface area contributed by atoms with Crippen LogP contribution in [-0.2, 0) is 6.54 Å². The predicted molar refractivity (Wildman–Crippen MR) is 99.2 cm³/mol. The number of rotatable bonds is 5. The molecule has 8 heteroatoms. The third-order valence-electron chi connectivity index (χ3n) is 5.14. The number of aromatic amines is 1. The Balaban J connectivity index is 1.66. The van der Waals surface area contributed by atoms with Crippen LogP contribution >= 0.6 is 0 Å².